The molecule has 33 heavy (non-hydrogen) atoms. The van der Waals surface area contributed by atoms with E-state index in [2.05, 4.69) is 10.6 Å². The summed E-state index contributed by atoms with van der Waals surface area (Å²) in [5, 5.41) is 16.2. The van der Waals surface area contributed by atoms with Crippen LogP contribution in [0, 0.1) is 11.6 Å². The molecule has 1 unspecified atom stereocenters. The van der Waals surface area contributed by atoms with Crippen LogP contribution in [0.3, 0.4) is 0 Å². The highest BCUT2D eigenvalue weighted by molar-refractivity contribution is 6.31. The number of carbonyl (C=O) groups is 2. The lowest BCUT2D eigenvalue weighted by molar-refractivity contribution is 0.0784. The van der Waals surface area contributed by atoms with Crippen LogP contribution in [0.2, 0.25) is 10.0 Å². The highest BCUT2D eigenvalue weighted by Crippen LogP contribution is 2.41. The van der Waals surface area contributed by atoms with Gasteiger partial charge in [-0.25, -0.2) is 8.78 Å². The van der Waals surface area contributed by atoms with Gasteiger partial charge in [-0.05, 0) is 67.9 Å². The van der Waals surface area contributed by atoms with Gasteiger partial charge in [0.15, 0.2) is 0 Å². The summed E-state index contributed by atoms with van der Waals surface area (Å²) in [5.41, 5.74) is -0.0208. The Bertz CT molecular complexity index is 1290. The van der Waals surface area contributed by atoms with E-state index in [0.29, 0.717) is 16.7 Å². The van der Waals surface area contributed by atoms with E-state index in [-0.39, 0.29) is 26.9 Å². The summed E-state index contributed by atoms with van der Waals surface area (Å²) in [6.07, 6.45) is 0. The maximum absolute atomic E-state index is 14.0. The number of amides is 2. The van der Waals surface area contributed by atoms with E-state index in [9.17, 15) is 23.5 Å². The zero-order valence-electron chi connectivity index (χ0n) is 17.5. The van der Waals surface area contributed by atoms with Gasteiger partial charge in [-0.15, -0.1) is 0 Å². The van der Waals surface area contributed by atoms with Crippen LogP contribution in [0.5, 0.6) is 0 Å². The molecule has 9 heteroatoms. The van der Waals surface area contributed by atoms with Gasteiger partial charge in [-0.1, -0.05) is 23.2 Å². The van der Waals surface area contributed by atoms with Crippen molar-refractivity contribution in [2.24, 2.45) is 0 Å². The third-order valence-electron chi connectivity index (χ3n) is 5.34. The minimum absolute atomic E-state index is 0.0388. The van der Waals surface area contributed by atoms with E-state index in [0.717, 1.165) is 12.1 Å². The number of benzene rings is 3. The second-order valence-corrected chi connectivity index (χ2v) is 9.07. The van der Waals surface area contributed by atoms with Crippen molar-refractivity contribution in [3.8, 4) is 0 Å². The fraction of sp³-hybridized carbons (Fsp3) is 0.167. The second-order valence-electron chi connectivity index (χ2n) is 8.23. The van der Waals surface area contributed by atoms with Crippen LogP contribution in [0.15, 0.2) is 48.5 Å². The molecule has 3 aromatic rings. The minimum Gasteiger partial charge on any atom is -0.386 e. The summed E-state index contributed by atoms with van der Waals surface area (Å²) >= 11 is 12.2. The molecule has 1 atom stereocenters. The SMILES string of the molecule is CC(C)(O)c1cc(NC(=O)c2cc(F)cc(Cl)c2)c2c(c1)C(=O)NC2c1cc(F)ccc1Cl. The predicted octanol–water partition coefficient (Wildman–Crippen LogP) is 5.58. The molecule has 3 N–H and O–H groups in total. The summed E-state index contributed by atoms with van der Waals surface area (Å²) in [6, 6.07) is 9.30. The number of halogens is 4. The molecule has 0 spiro atoms. The number of fused-ring (bicyclic) bond motifs is 1. The second kappa shape index (κ2) is 8.41. The molecule has 0 saturated heterocycles. The largest absolute Gasteiger partial charge is 0.386 e. The number of nitrogens with one attached hydrogen (secondary N) is 2. The van der Waals surface area contributed by atoms with Gasteiger partial charge in [0.05, 0.1) is 11.6 Å². The molecule has 0 saturated carbocycles. The van der Waals surface area contributed by atoms with Crippen molar-refractivity contribution in [1.82, 2.24) is 5.32 Å². The Hall–Kier alpha value is -3.00. The Labute approximate surface area is 198 Å². The Morgan fingerprint density at radius 1 is 1.06 bits per heavy atom. The number of hydrogen-bond acceptors (Lipinski definition) is 3. The first-order chi connectivity index (χ1) is 15.4. The van der Waals surface area contributed by atoms with Crippen LogP contribution in [-0.4, -0.2) is 16.9 Å². The maximum atomic E-state index is 14.0. The van der Waals surface area contributed by atoms with Gasteiger partial charge in [0.25, 0.3) is 11.8 Å². The first-order valence-electron chi connectivity index (χ1n) is 9.88. The Kier molecular flexibility index (Phi) is 5.90. The van der Waals surface area contributed by atoms with Gasteiger partial charge in [0, 0.05) is 38.0 Å². The monoisotopic (exact) mass is 490 g/mol. The van der Waals surface area contributed by atoms with E-state index in [1.807, 2.05) is 0 Å². The molecule has 170 valence electrons. The van der Waals surface area contributed by atoms with Crippen molar-refractivity contribution in [2.45, 2.75) is 25.5 Å². The first kappa shape index (κ1) is 23.2. The van der Waals surface area contributed by atoms with Crippen LogP contribution in [0.25, 0.3) is 0 Å². The molecule has 0 aliphatic carbocycles. The van der Waals surface area contributed by atoms with Gasteiger partial charge < -0.3 is 15.7 Å². The number of carbonyl (C=O) groups excluding carboxylic acids is 2. The molecule has 1 heterocycles. The highest BCUT2D eigenvalue weighted by atomic mass is 35.5. The number of aliphatic hydroxyl groups is 1. The fourth-order valence-corrected chi connectivity index (χ4v) is 4.19. The van der Waals surface area contributed by atoms with Crippen molar-refractivity contribution in [3.05, 3.63) is 98.0 Å². The standard InChI is InChI=1S/C24H18Cl2F2N2O3/c1-24(2,33)12-7-17-20(21(30-23(17)32)16-10-14(27)3-4-18(16)26)19(8-12)29-22(31)11-5-13(25)9-15(28)6-11/h3-10,21,33H,1-2H3,(H,29,31)(H,30,32). The van der Waals surface area contributed by atoms with Crippen LogP contribution < -0.4 is 10.6 Å². The molecular formula is C24H18Cl2F2N2O3. The third-order valence-corrected chi connectivity index (χ3v) is 5.90. The normalized spacial score (nSPS) is 15.2. The van der Waals surface area contributed by atoms with Crippen LogP contribution in [0.1, 0.15) is 57.3 Å². The Morgan fingerprint density at radius 2 is 1.79 bits per heavy atom. The quantitative estimate of drug-likeness (QED) is 0.446. The minimum atomic E-state index is -1.34. The van der Waals surface area contributed by atoms with Gasteiger partial charge in [-0.3, -0.25) is 9.59 Å². The average Bonchev–Trinajstić information content (AvgIpc) is 3.05. The van der Waals surface area contributed by atoms with Crippen LogP contribution in [-0.2, 0) is 5.60 Å². The molecule has 1 aliphatic rings. The molecule has 3 aromatic carbocycles. The first-order valence-corrected chi connectivity index (χ1v) is 10.6. The molecule has 5 nitrogen and oxygen atoms in total. The summed E-state index contributed by atoms with van der Waals surface area (Å²) in [7, 11) is 0. The predicted molar refractivity (Wildman–Crippen MR) is 122 cm³/mol. The van der Waals surface area contributed by atoms with Crippen molar-refractivity contribution in [3.63, 3.8) is 0 Å². The smallest absolute Gasteiger partial charge is 0.255 e. The van der Waals surface area contributed by atoms with Crippen molar-refractivity contribution < 1.29 is 23.5 Å². The van der Waals surface area contributed by atoms with E-state index in [4.69, 9.17) is 23.2 Å². The van der Waals surface area contributed by atoms with Crippen molar-refractivity contribution in [2.75, 3.05) is 5.32 Å². The van der Waals surface area contributed by atoms with Crippen LogP contribution >= 0.6 is 23.2 Å². The molecule has 1 aliphatic heterocycles. The van der Waals surface area contributed by atoms with E-state index in [1.54, 1.807) is 0 Å². The number of rotatable bonds is 4. The van der Waals surface area contributed by atoms with Gasteiger partial charge >= 0.3 is 0 Å². The van der Waals surface area contributed by atoms with E-state index < -0.39 is 35.1 Å². The zero-order chi connectivity index (χ0) is 24.1. The number of hydrogen-bond donors (Lipinski definition) is 3. The molecule has 2 amide bonds. The molecular weight excluding hydrogens is 473 g/mol. The summed E-state index contributed by atoms with van der Waals surface area (Å²) < 4.78 is 27.8. The van der Waals surface area contributed by atoms with Gasteiger partial charge in [0.2, 0.25) is 0 Å². The molecule has 4 rings (SSSR count). The zero-order valence-corrected chi connectivity index (χ0v) is 19.0. The lowest BCUT2D eigenvalue weighted by Crippen LogP contribution is -2.21. The van der Waals surface area contributed by atoms with E-state index >= 15 is 0 Å². The average molecular weight is 491 g/mol. The molecule has 0 radical (unpaired) electrons. The maximum Gasteiger partial charge on any atom is 0.255 e. The molecule has 0 bridgehead atoms. The Morgan fingerprint density at radius 3 is 2.45 bits per heavy atom. The third kappa shape index (κ3) is 4.57. The van der Waals surface area contributed by atoms with E-state index in [1.165, 1.54) is 50.2 Å². The topological polar surface area (TPSA) is 78.4 Å². The summed E-state index contributed by atoms with van der Waals surface area (Å²) in [6.45, 7) is 3.06. The lowest BCUT2D eigenvalue weighted by atomic mass is 9.90. The molecule has 0 fully saturated rings. The lowest BCUT2D eigenvalue weighted by Gasteiger charge is -2.23. The Balaban J connectivity index is 1.88. The van der Waals surface area contributed by atoms with Crippen molar-refractivity contribution >= 4 is 40.7 Å². The van der Waals surface area contributed by atoms with Gasteiger partial charge in [0.1, 0.15) is 11.6 Å². The summed E-state index contributed by atoms with van der Waals surface area (Å²) in [5.74, 6) is -2.41. The molecule has 0 aromatic heterocycles. The highest BCUT2D eigenvalue weighted by Gasteiger charge is 2.36. The van der Waals surface area contributed by atoms with Gasteiger partial charge in [-0.2, -0.15) is 0 Å². The van der Waals surface area contributed by atoms with Crippen LogP contribution in [0.4, 0.5) is 14.5 Å². The fourth-order valence-electron chi connectivity index (χ4n) is 3.74. The summed E-state index contributed by atoms with van der Waals surface area (Å²) in [4.78, 5) is 25.7. The number of anilines is 1. The van der Waals surface area contributed by atoms with Crippen molar-refractivity contribution in [1.29, 1.82) is 0 Å².